The Bertz CT molecular complexity index is 523. The normalized spacial score (nSPS) is 23.2. The van der Waals surface area contributed by atoms with Crippen LogP contribution in [0.4, 0.5) is 5.69 Å². The zero-order chi connectivity index (χ0) is 14.7. The second-order valence-corrected chi connectivity index (χ2v) is 7.78. The van der Waals surface area contributed by atoms with Gasteiger partial charge in [-0.25, -0.2) is 4.79 Å². The van der Waals surface area contributed by atoms with E-state index in [0.717, 1.165) is 29.2 Å². The third-order valence-electron chi connectivity index (χ3n) is 3.15. The second-order valence-electron chi connectivity index (χ2n) is 5.04. The molecular formula is C15H18BrNO2S. The maximum absolute atomic E-state index is 10.5. The molecule has 2 atom stereocenters. The van der Waals surface area contributed by atoms with E-state index in [-0.39, 0.29) is 0 Å². The fourth-order valence-electron chi connectivity index (χ4n) is 2.43. The number of carboxylic acids is 1. The summed E-state index contributed by atoms with van der Waals surface area (Å²) in [5.74, 6) is -0.930. The zero-order valence-corrected chi connectivity index (χ0v) is 13.9. The van der Waals surface area contributed by atoms with Crippen LogP contribution >= 0.6 is 27.7 Å². The fraction of sp³-hybridized carbons (Fsp3) is 0.400. The Morgan fingerprint density at radius 1 is 1.40 bits per heavy atom. The Morgan fingerprint density at radius 3 is 2.60 bits per heavy atom. The van der Waals surface area contributed by atoms with Gasteiger partial charge in [0.2, 0.25) is 0 Å². The van der Waals surface area contributed by atoms with E-state index in [2.05, 4.69) is 40.7 Å². The number of hydrogen-bond donors (Lipinski definition) is 1. The first-order chi connectivity index (χ1) is 9.45. The summed E-state index contributed by atoms with van der Waals surface area (Å²) < 4.78 is 1.01. The predicted octanol–water partition coefficient (Wildman–Crippen LogP) is 3.88. The lowest BCUT2D eigenvalue weighted by molar-refractivity contribution is -0.131. The molecule has 0 aliphatic carbocycles. The molecule has 0 saturated carbocycles. The number of thioether (sulfide) groups is 1. The third kappa shape index (κ3) is 4.03. The summed E-state index contributed by atoms with van der Waals surface area (Å²) in [7, 11) is 0. The number of nitrogens with zero attached hydrogens (tertiary/aromatic N) is 1. The monoisotopic (exact) mass is 355 g/mol. The first-order valence-corrected chi connectivity index (χ1v) is 8.30. The molecule has 0 amide bonds. The largest absolute Gasteiger partial charge is 0.478 e. The summed E-state index contributed by atoms with van der Waals surface area (Å²) in [6.07, 6.45) is 2.76. The Kier molecular flexibility index (Phi) is 5.16. The van der Waals surface area contributed by atoms with Crippen molar-refractivity contribution in [3.63, 3.8) is 0 Å². The smallest absolute Gasteiger partial charge is 0.328 e. The van der Waals surface area contributed by atoms with Crippen molar-refractivity contribution in [1.82, 2.24) is 0 Å². The van der Waals surface area contributed by atoms with Gasteiger partial charge < -0.3 is 10.0 Å². The molecule has 3 nitrogen and oxygen atoms in total. The number of benzene rings is 1. The Morgan fingerprint density at radius 2 is 2.05 bits per heavy atom. The van der Waals surface area contributed by atoms with Gasteiger partial charge >= 0.3 is 5.97 Å². The van der Waals surface area contributed by atoms with Gasteiger partial charge in [-0.3, -0.25) is 0 Å². The van der Waals surface area contributed by atoms with Gasteiger partial charge in [0.1, 0.15) is 0 Å². The summed E-state index contributed by atoms with van der Waals surface area (Å²) in [6.45, 7) is 6.59. The van der Waals surface area contributed by atoms with E-state index in [9.17, 15) is 4.79 Å². The molecule has 1 aromatic carbocycles. The molecule has 1 aromatic rings. The van der Waals surface area contributed by atoms with Crippen molar-refractivity contribution in [2.75, 3.05) is 18.0 Å². The average molecular weight is 356 g/mol. The standard InChI is InChI=1S/C15H18BrNO2S/c1-10-8-17(9-11(2)20-10)14-5-3-12(7-13(14)16)4-6-15(18)19/h3-7,10-11H,8-9H2,1-2H3,(H,18,19)/b6-4+. The molecule has 1 aliphatic heterocycles. The van der Waals surface area contributed by atoms with Gasteiger partial charge in [0.15, 0.2) is 0 Å². The lowest BCUT2D eigenvalue weighted by Gasteiger charge is -2.36. The Balaban J connectivity index is 2.19. The summed E-state index contributed by atoms with van der Waals surface area (Å²) >= 11 is 5.63. The summed E-state index contributed by atoms with van der Waals surface area (Å²) in [6, 6.07) is 5.98. The minimum absolute atomic E-state index is 0.622. The molecule has 0 aromatic heterocycles. The highest BCUT2D eigenvalue weighted by Crippen LogP contribution is 2.33. The Hall–Kier alpha value is -0.940. The number of aliphatic carboxylic acids is 1. The lowest BCUT2D eigenvalue weighted by atomic mass is 10.1. The number of hydrogen-bond acceptors (Lipinski definition) is 3. The highest BCUT2D eigenvalue weighted by atomic mass is 79.9. The Labute approximate surface area is 132 Å². The fourth-order valence-corrected chi connectivity index (χ4v) is 4.40. The summed E-state index contributed by atoms with van der Waals surface area (Å²) in [5.41, 5.74) is 2.06. The first-order valence-electron chi connectivity index (χ1n) is 6.56. The van der Waals surface area contributed by atoms with E-state index < -0.39 is 5.97 Å². The molecule has 0 spiro atoms. The van der Waals surface area contributed by atoms with Crippen LogP contribution in [-0.4, -0.2) is 34.7 Å². The van der Waals surface area contributed by atoms with Crippen molar-refractivity contribution >= 4 is 45.4 Å². The van der Waals surface area contributed by atoms with Crippen LogP contribution in [0.5, 0.6) is 0 Å². The molecule has 1 heterocycles. The summed E-state index contributed by atoms with van der Waals surface area (Å²) in [5, 5.41) is 9.90. The molecule has 0 radical (unpaired) electrons. The van der Waals surface area contributed by atoms with Crippen molar-refractivity contribution in [3.05, 3.63) is 34.3 Å². The maximum atomic E-state index is 10.5. The molecular weight excluding hydrogens is 338 g/mol. The van der Waals surface area contributed by atoms with Crippen LogP contribution in [0.15, 0.2) is 28.7 Å². The molecule has 2 rings (SSSR count). The lowest BCUT2D eigenvalue weighted by Crippen LogP contribution is -2.40. The number of halogens is 1. The molecule has 20 heavy (non-hydrogen) atoms. The van der Waals surface area contributed by atoms with E-state index >= 15 is 0 Å². The van der Waals surface area contributed by atoms with E-state index in [1.165, 1.54) is 5.69 Å². The van der Waals surface area contributed by atoms with Gasteiger partial charge in [-0.1, -0.05) is 19.9 Å². The van der Waals surface area contributed by atoms with Crippen LogP contribution in [0.3, 0.4) is 0 Å². The van der Waals surface area contributed by atoms with E-state index in [1.54, 1.807) is 6.08 Å². The van der Waals surface area contributed by atoms with Crippen LogP contribution < -0.4 is 4.90 Å². The van der Waals surface area contributed by atoms with Crippen LogP contribution in [0, 0.1) is 0 Å². The first kappa shape index (κ1) is 15.4. The number of rotatable bonds is 3. The van der Waals surface area contributed by atoms with Crippen LogP contribution in [0.2, 0.25) is 0 Å². The van der Waals surface area contributed by atoms with Crippen molar-refractivity contribution in [2.24, 2.45) is 0 Å². The number of carbonyl (C=O) groups is 1. The van der Waals surface area contributed by atoms with Gasteiger partial charge in [-0.15, -0.1) is 0 Å². The molecule has 1 saturated heterocycles. The molecule has 0 bridgehead atoms. The SMILES string of the molecule is CC1CN(c2ccc(/C=C/C(=O)O)cc2Br)CC(C)S1. The molecule has 1 N–H and O–H groups in total. The van der Waals surface area contributed by atoms with Crippen LogP contribution in [0.25, 0.3) is 6.08 Å². The van der Waals surface area contributed by atoms with Crippen molar-refractivity contribution in [3.8, 4) is 0 Å². The van der Waals surface area contributed by atoms with Crippen LogP contribution in [-0.2, 0) is 4.79 Å². The van der Waals surface area contributed by atoms with Crippen molar-refractivity contribution in [2.45, 2.75) is 24.3 Å². The average Bonchev–Trinajstić information content (AvgIpc) is 2.35. The maximum Gasteiger partial charge on any atom is 0.328 e. The van der Waals surface area contributed by atoms with Crippen molar-refractivity contribution in [1.29, 1.82) is 0 Å². The van der Waals surface area contributed by atoms with Crippen LogP contribution in [0.1, 0.15) is 19.4 Å². The second kappa shape index (κ2) is 6.68. The third-order valence-corrected chi connectivity index (χ3v) is 5.01. The number of anilines is 1. The van der Waals surface area contributed by atoms with Gasteiger partial charge in [0.25, 0.3) is 0 Å². The van der Waals surface area contributed by atoms with Gasteiger partial charge in [-0.2, -0.15) is 11.8 Å². The van der Waals surface area contributed by atoms with E-state index in [0.29, 0.717) is 10.5 Å². The minimum Gasteiger partial charge on any atom is -0.478 e. The van der Waals surface area contributed by atoms with Gasteiger partial charge in [0, 0.05) is 34.1 Å². The topological polar surface area (TPSA) is 40.5 Å². The minimum atomic E-state index is -0.930. The molecule has 1 aliphatic rings. The van der Waals surface area contributed by atoms with E-state index in [1.807, 2.05) is 23.9 Å². The van der Waals surface area contributed by atoms with Crippen molar-refractivity contribution < 1.29 is 9.90 Å². The molecule has 2 unspecified atom stereocenters. The highest BCUT2D eigenvalue weighted by Gasteiger charge is 2.23. The number of carboxylic acid groups (broad SMARTS) is 1. The summed E-state index contributed by atoms with van der Waals surface area (Å²) in [4.78, 5) is 12.9. The molecule has 5 heteroatoms. The molecule has 108 valence electrons. The quantitative estimate of drug-likeness (QED) is 0.835. The zero-order valence-electron chi connectivity index (χ0n) is 11.5. The highest BCUT2D eigenvalue weighted by molar-refractivity contribution is 9.10. The van der Waals surface area contributed by atoms with Gasteiger partial charge in [-0.05, 0) is 39.7 Å². The van der Waals surface area contributed by atoms with E-state index in [4.69, 9.17) is 5.11 Å². The van der Waals surface area contributed by atoms with Gasteiger partial charge in [0.05, 0.1) is 5.69 Å². The molecule has 1 fully saturated rings. The predicted molar refractivity (Wildman–Crippen MR) is 89.5 cm³/mol.